The minimum Gasteiger partial charge on any atom is -0.399 e. The van der Waals surface area contributed by atoms with Crippen molar-refractivity contribution in [3.63, 3.8) is 0 Å². The summed E-state index contributed by atoms with van der Waals surface area (Å²) in [7, 11) is 0. The number of benzene rings is 2. The number of nitrogens with two attached hydrogens (primary N) is 1. The van der Waals surface area contributed by atoms with Gasteiger partial charge in [-0.05, 0) is 35.9 Å². The Bertz CT molecular complexity index is 751. The lowest BCUT2D eigenvalue weighted by Gasteiger charge is -1.99. The Morgan fingerprint density at radius 3 is 2.60 bits per heavy atom. The average Bonchev–Trinajstić information content (AvgIpc) is 2.77. The van der Waals surface area contributed by atoms with Crippen LogP contribution in [0.2, 0.25) is 0 Å². The number of hydrogen-bond donors (Lipinski definition) is 1. The lowest BCUT2D eigenvalue weighted by molar-refractivity contribution is 0.581. The van der Waals surface area contributed by atoms with Crippen molar-refractivity contribution in [3.8, 4) is 0 Å². The Morgan fingerprint density at radius 2 is 1.85 bits per heavy atom. The molecule has 0 aliphatic rings. The third-order valence-electron chi connectivity index (χ3n) is 2.68. The van der Waals surface area contributed by atoms with Crippen LogP contribution in [0.1, 0.15) is 5.56 Å². The molecule has 0 amide bonds. The van der Waals surface area contributed by atoms with Crippen molar-refractivity contribution in [3.05, 3.63) is 53.6 Å². The first-order chi connectivity index (χ1) is 9.60. The van der Waals surface area contributed by atoms with E-state index in [1.165, 1.54) is 35.2 Å². The van der Waals surface area contributed by atoms with Gasteiger partial charge in [-0.2, -0.15) is 0 Å². The first kappa shape index (κ1) is 13.3. The highest BCUT2D eigenvalue weighted by Crippen LogP contribution is 2.32. The van der Waals surface area contributed by atoms with E-state index < -0.39 is 11.6 Å². The van der Waals surface area contributed by atoms with Crippen molar-refractivity contribution in [1.29, 1.82) is 0 Å². The van der Waals surface area contributed by atoms with Gasteiger partial charge in [0.25, 0.3) is 0 Å². The number of hydrogen-bond acceptors (Lipinski definition) is 4. The molecule has 0 atom stereocenters. The van der Waals surface area contributed by atoms with Gasteiger partial charge in [-0.25, -0.2) is 13.8 Å². The van der Waals surface area contributed by atoms with Crippen LogP contribution in [0.4, 0.5) is 14.5 Å². The lowest BCUT2D eigenvalue weighted by atomic mass is 10.2. The van der Waals surface area contributed by atoms with Crippen LogP contribution in [0.3, 0.4) is 0 Å². The topological polar surface area (TPSA) is 38.9 Å². The van der Waals surface area contributed by atoms with Gasteiger partial charge in [0.2, 0.25) is 0 Å². The maximum Gasteiger partial charge on any atom is 0.151 e. The van der Waals surface area contributed by atoms with Gasteiger partial charge in [-0.1, -0.05) is 11.8 Å². The number of rotatable bonds is 3. The number of halogens is 2. The molecule has 0 aliphatic heterocycles. The third-order valence-corrected chi connectivity index (χ3v) is 4.91. The molecule has 0 unspecified atom stereocenters. The molecule has 2 aromatic carbocycles. The smallest absolute Gasteiger partial charge is 0.151 e. The van der Waals surface area contributed by atoms with Gasteiger partial charge < -0.3 is 5.73 Å². The molecule has 6 heteroatoms. The number of fused-ring (bicyclic) bond motifs is 1. The fourth-order valence-electron chi connectivity index (χ4n) is 1.82. The van der Waals surface area contributed by atoms with Gasteiger partial charge in [-0.15, -0.1) is 11.3 Å². The average molecular weight is 308 g/mol. The Morgan fingerprint density at radius 1 is 1.10 bits per heavy atom. The SMILES string of the molecule is Nc1ccc2nc(SCc3cc(F)cc(F)c3)sc2c1. The van der Waals surface area contributed by atoms with E-state index in [-0.39, 0.29) is 0 Å². The summed E-state index contributed by atoms with van der Waals surface area (Å²) in [5.74, 6) is -0.639. The minimum atomic E-state index is -0.558. The maximum atomic E-state index is 13.1. The molecule has 2 N–H and O–H groups in total. The molecule has 1 heterocycles. The van der Waals surface area contributed by atoms with Gasteiger partial charge in [0, 0.05) is 17.5 Å². The van der Waals surface area contributed by atoms with Crippen LogP contribution in [-0.2, 0) is 5.75 Å². The first-order valence-corrected chi connectivity index (χ1v) is 7.64. The Hall–Kier alpha value is -1.66. The molecule has 102 valence electrons. The zero-order chi connectivity index (χ0) is 14.1. The van der Waals surface area contributed by atoms with Crippen molar-refractivity contribution in [2.75, 3.05) is 5.73 Å². The minimum absolute atomic E-state index is 0.476. The normalized spacial score (nSPS) is 11.1. The standard InChI is InChI=1S/C14H10F2N2S2/c15-9-3-8(4-10(16)5-9)7-19-14-18-12-2-1-11(17)6-13(12)20-14/h1-6H,7,17H2. The van der Waals surface area contributed by atoms with Crippen LogP contribution in [0.5, 0.6) is 0 Å². The molecular weight excluding hydrogens is 298 g/mol. The zero-order valence-electron chi connectivity index (χ0n) is 10.3. The Kier molecular flexibility index (Phi) is 3.58. The zero-order valence-corrected chi connectivity index (χ0v) is 11.9. The molecule has 0 saturated carbocycles. The molecule has 0 radical (unpaired) electrons. The van der Waals surface area contributed by atoms with Crippen LogP contribution in [0.15, 0.2) is 40.7 Å². The highest BCUT2D eigenvalue weighted by Gasteiger charge is 2.06. The molecule has 1 aromatic heterocycles. The largest absolute Gasteiger partial charge is 0.399 e. The lowest BCUT2D eigenvalue weighted by Crippen LogP contribution is -1.86. The fourth-order valence-corrected chi connectivity index (χ4v) is 3.87. The van der Waals surface area contributed by atoms with Gasteiger partial charge in [-0.3, -0.25) is 0 Å². The van der Waals surface area contributed by atoms with Crippen LogP contribution in [0.25, 0.3) is 10.2 Å². The number of thiazole rings is 1. The maximum absolute atomic E-state index is 13.1. The van der Waals surface area contributed by atoms with Crippen molar-refractivity contribution < 1.29 is 8.78 Å². The summed E-state index contributed by atoms with van der Waals surface area (Å²) in [6.45, 7) is 0. The van der Waals surface area contributed by atoms with Crippen LogP contribution >= 0.6 is 23.1 Å². The van der Waals surface area contributed by atoms with Gasteiger partial charge in [0.15, 0.2) is 4.34 Å². The molecule has 0 spiro atoms. The number of nitrogens with zero attached hydrogens (tertiary/aromatic N) is 1. The van der Waals surface area contributed by atoms with E-state index in [0.29, 0.717) is 17.0 Å². The summed E-state index contributed by atoms with van der Waals surface area (Å²) in [5.41, 5.74) is 7.91. The molecule has 3 rings (SSSR count). The summed E-state index contributed by atoms with van der Waals surface area (Å²) in [6.07, 6.45) is 0. The molecule has 0 fully saturated rings. The summed E-state index contributed by atoms with van der Waals surface area (Å²) >= 11 is 2.98. The summed E-state index contributed by atoms with van der Waals surface area (Å²) in [6, 6.07) is 9.09. The van der Waals surface area contributed by atoms with Gasteiger partial charge in [0.1, 0.15) is 11.6 Å². The molecular formula is C14H10F2N2S2. The Balaban J connectivity index is 1.79. The van der Waals surface area contributed by atoms with E-state index >= 15 is 0 Å². The van der Waals surface area contributed by atoms with Crippen LogP contribution in [-0.4, -0.2) is 4.98 Å². The van der Waals surface area contributed by atoms with E-state index in [1.54, 1.807) is 6.07 Å². The predicted octanol–water partition coefficient (Wildman–Crippen LogP) is 4.45. The van der Waals surface area contributed by atoms with E-state index in [1.807, 2.05) is 12.1 Å². The van der Waals surface area contributed by atoms with Crippen molar-refractivity contribution >= 4 is 39.0 Å². The van der Waals surface area contributed by atoms with Crippen LogP contribution < -0.4 is 5.73 Å². The first-order valence-electron chi connectivity index (χ1n) is 5.84. The number of anilines is 1. The van der Waals surface area contributed by atoms with Gasteiger partial charge in [0.05, 0.1) is 10.2 Å². The highest BCUT2D eigenvalue weighted by molar-refractivity contribution is 8.00. The Labute approximate surface area is 122 Å². The van der Waals surface area contributed by atoms with Gasteiger partial charge >= 0.3 is 0 Å². The summed E-state index contributed by atoms with van der Waals surface area (Å²) in [4.78, 5) is 4.45. The molecule has 20 heavy (non-hydrogen) atoms. The predicted molar refractivity (Wildman–Crippen MR) is 80.0 cm³/mol. The summed E-state index contributed by atoms with van der Waals surface area (Å²) < 4.78 is 28.0. The van der Waals surface area contributed by atoms with Crippen molar-refractivity contribution in [2.24, 2.45) is 0 Å². The number of thioether (sulfide) groups is 1. The van der Waals surface area contributed by atoms with Crippen molar-refractivity contribution in [2.45, 2.75) is 10.1 Å². The number of aromatic nitrogens is 1. The van der Waals surface area contributed by atoms with E-state index in [0.717, 1.165) is 20.6 Å². The molecule has 3 aromatic rings. The fraction of sp³-hybridized carbons (Fsp3) is 0.0714. The molecule has 2 nitrogen and oxygen atoms in total. The summed E-state index contributed by atoms with van der Waals surface area (Å²) in [5, 5.41) is 0. The third kappa shape index (κ3) is 2.91. The second kappa shape index (κ2) is 5.38. The van der Waals surface area contributed by atoms with E-state index in [4.69, 9.17) is 5.73 Å². The molecule has 0 aliphatic carbocycles. The van der Waals surface area contributed by atoms with E-state index in [2.05, 4.69) is 4.98 Å². The second-order valence-electron chi connectivity index (χ2n) is 4.27. The second-order valence-corrected chi connectivity index (χ2v) is 6.53. The number of nitrogen functional groups attached to an aromatic ring is 1. The van der Waals surface area contributed by atoms with Crippen LogP contribution in [0, 0.1) is 11.6 Å². The van der Waals surface area contributed by atoms with Crippen molar-refractivity contribution in [1.82, 2.24) is 4.98 Å². The molecule has 0 bridgehead atoms. The molecule has 0 saturated heterocycles. The quantitative estimate of drug-likeness (QED) is 0.574. The van der Waals surface area contributed by atoms with E-state index in [9.17, 15) is 8.78 Å². The monoisotopic (exact) mass is 308 g/mol. The highest BCUT2D eigenvalue weighted by atomic mass is 32.2.